The van der Waals surface area contributed by atoms with E-state index < -0.39 is 20.1 Å². The molecule has 0 spiro atoms. The molecular weight excluding hydrogens is 516 g/mol. The number of hydrogen-bond acceptors (Lipinski definition) is 8. The van der Waals surface area contributed by atoms with E-state index in [0.717, 1.165) is 5.56 Å². The fourth-order valence-electron chi connectivity index (χ4n) is 3.11. The number of carbonyl (C=O) groups is 1. The number of carbonyl (C=O) groups excluding carboxylic acids is 1. The molecule has 0 aliphatic heterocycles. The molecule has 0 amide bonds. The Labute approximate surface area is 231 Å². The van der Waals surface area contributed by atoms with Gasteiger partial charge in [0.2, 0.25) is 0 Å². The second kappa shape index (κ2) is 16.0. The highest BCUT2D eigenvalue weighted by Crippen LogP contribution is 2.35. The van der Waals surface area contributed by atoms with E-state index in [9.17, 15) is 4.79 Å². The van der Waals surface area contributed by atoms with Gasteiger partial charge in [0.15, 0.2) is 0 Å². The Balaban J connectivity index is 1.94. The summed E-state index contributed by atoms with van der Waals surface area (Å²) in [6, 6.07) is 9.94. The summed E-state index contributed by atoms with van der Waals surface area (Å²) in [6.45, 7) is 14.3. The summed E-state index contributed by atoms with van der Waals surface area (Å²) in [5, 5.41) is 12.0. The molecule has 2 atom stereocenters. The summed E-state index contributed by atoms with van der Waals surface area (Å²) in [6.07, 6.45) is 0.832. The molecule has 0 fully saturated rings. The second-order valence-electron chi connectivity index (χ2n) is 10.7. The Morgan fingerprint density at radius 3 is 2.54 bits per heavy atom. The van der Waals surface area contributed by atoms with Gasteiger partial charge in [0, 0.05) is 11.8 Å². The highest BCUT2D eigenvalue weighted by atomic mass is 28.3. The first-order chi connectivity index (χ1) is 18.5. The van der Waals surface area contributed by atoms with Gasteiger partial charge in [-0.3, -0.25) is 4.79 Å². The first-order valence-corrected chi connectivity index (χ1v) is 15.9. The molecular formula is C27H40N6O5Si. The zero-order valence-electron chi connectivity index (χ0n) is 23.8. The van der Waals surface area contributed by atoms with E-state index in [1.807, 2.05) is 30.3 Å². The maximum Gasteiger partial charge on any atom is 0.302 e. The normalized spacial score (nSPS) is 13.1. The van der Waals surface area contributed by atoms with Crippen LogP contribution in [0.4, 0.5) is 0 Å². The van der Waals surface area contributed by atoms with Crippen molar-refractivity contribution >= 4 is 14.0 Å². The van der Waals surface area contributed by atoms with Crippen molar-refractivity contribution in [3.8, 4) is 11.5 Å². The lowest BCUT2D eigenvalue weighted by atomic mass is 10.2. The molecule has 1 heterocycles. The van der Waals surface area contributed by atoms with E-state index in [1.165, 1.54) is 6.92 Å². The number of esters is 1. The Hall–Kier alpha value is -3.20. The molecule has 0 aliphatic carbocycles. The predicted molar refractivity (Wildman–Crippen MR) is 150 cm³/mol. The fraction of sp³-hybridized carbons (Fsp3) is 0.593. The Bertz CT molecular complexity index is 1130. The second-order valence-corrected chi connectivity index (χ2v) is 15.7. The van der Waals surface area contributed by atoms with E-state index in [-0.39, 0.29) is 30.9 Å². The van der Waals surface area contributed by atoms with Gasteiger partial charge in [0.1, 0.15) is 32.6 Å². The number of ether oxygens (including phenoxy) is 4. The van der Waals surface area contributed by atoms with Crippen molar-refractivity contribution in [1.29, 1.82) is 0 Å². The lowest BCUT2D eigenvalue weighted by Gasteiger charge is -2.31. The van der Waals surface area contributed by atoms with Crippen LogP contribution in [0.3, 0.4) is 0 Å². The maximum atomic E-state index is 11.2. The zero-order chi connectivity index (χ0) is 28.7. The van der Waals surface area contributed by atoms with Crippen LogP contribution in [0.2, 0.25) is 18.1 Å². The molecule has 1 aromatic heterocycles. The molecule has 0 aliphatic rings. The van der Waals surface area contributed by atoms with Crippen molar-refractivity contribution in [1.82, 2.24) is 15.0 Å². The molecule has 12 heteroatoms. The quantitative estimate of drug-likeness (QED) is 0.0591. The van der Waals surface area contributed by atoms with E-state index in [4.69, 9.17) is 24.5 Å². The summed E-state index contributed by atoms with van der Waals surface area (Å²) in [5.41, 5.74) is 13.6. The summed E-state index contributed by atoms with van der Waals surface area (Å²) in [5.74, 6) is 2.74. The van der Waals surface area contributed by atoms with Gasteiger partial charge < -0.3 is 18.9 Å². The minimum Gasteiger partial charge on any atom is -0.460 e. The molecule has 0 unspecified atom stereocenters. The monoisotopic (exact) mass is 556 g/mol. The van der Waals surface area contributed by atoms with Gasteiger partial charge >= 0.3 is 5.97 Å². The van der Waals surface area contributed by atoms with Crippen LogP contribution in [-0.2, 0) is 43.5 Å². The largest absolute Gasteiger partial charge is 0.460 e. The lowest BCUT2D eigenvalue weighted by molar-refractivity contribution is -0.149. The SMILES string of the molecule is CC(=O)O[C@H](CN=[N+]=[N-])COCc1cn(C[C@H](COCC#C[Si](C)(C)C(C)(C)C)OCc2ccccc2)nn1. The summed E-state index contributed by atoms with van der Waals surface area (Å²) < 4.78 is 24.4. The van der Waals surface area contributed by atoms with Crippen LogP contribution in [0.15, 0.2) is 41.6 Å². The van der Waals surface area contributed by atoms with E-state index >= 15 is 0 Å². The zero-order valence-corrected chi connectivity index (χ0v) is 24.8. The van der Waals surface area contributed by atoms with Gasteiger partial charge in [0.05, 0.1) is 45.7 Å². The minimum absolute atomic E-state index is 0.0104. The maximum absolute atomic E-state index is 11.2. The molecule has 1 aromatic carbocycles. The third-order valence-electron chi connectivity index (χ3n) is 6.29. The lowest BCUT2D eigenvalue weighted by Crippen LogP contribution is -2.35. The first-order valence-electron chi connectivity index (χ1n) is 12.9. The molecule has 0 saturated heterocycles. The molecule has 0 radical (unpaired) electrons. The van der Waals surface area contributed by atoms with Crippen LogP contribution in [-0.4, -0.2) is 67.6 Å². The van der Waals surface area contributed by atoms with Gasteiger partial charge in [-0.2, -0.15) is 0 Å². The molecule has 0 N–H and O–H groups in total. The number of hydrogen-bond donors (Lipinski definition) is 0. The van der Waals surface area contributed by atoms with Crippen molar-refractivity contribution in [2.45, 2.75) is 77.8 Å². The number of aromatic nitrogens is 3. The Morgan fingerprint density at radius 2 is 1.87 bits per heavy atom. The van der Waals surface area contributed by atoms with E-state index in [1.54, 1.807) is 10.9 Å². The van der Waals surface area contributed by atoms with Crippen LogP contribution >= 0.6 is 0 Å². The van der Waals surface area contributed by atoms with Gasteiger partial charge in [-0.25, -0.2) is 4.68 Å². The third kappa shape index (κ3) is 12.5. The van der Waals surface area contributed by atoms with Crippen molar-refractivity contribution in [3.63, 3.8) is 0 Å². The fourth-order valence-corrected chi connectivity index (χ4v) is 4.00. The van der Waals surface area contributed by atoms with Crippen molar-refractivity contribution in [3.05, 3.63) is 58.2 Å². The standard InChI is InChI=1S/C27H40N6O5Si/c1-22(34)38-25(15-29-31-28)20-36-19-24-16-33(32-30-24)17-26(37-18-23-11-8-7-9-12-23)21-35-13-10-14-39(5,6)27(2,3)4/h7-9,11-12,16,25-26H,13,15,17-21H2,1-6H3/t25-,26-/m1/s1. The smallest absolute Gasteiger partial charge is 0.302 e. The number of benzene rings is 1. The average molecular weight is 557 g/mol. The molecule has 2 aromatic rings. The average Bonchev–Trinajstić information content (AvgIpc) is 3.32. The topological polar surface area (TPSA) is 133 Å². The molecule has 0 bridgehead atoms. The Kier molecular flexibility index (Phi) is 13.2. The number of azide groups is 1. The predicted octanol–water partition coefficient (Wildman–Crippen LogP) is 4.69. The van der Waals surface area contributed by atoms with Crippen LogP contribution in [0.5, 0.6) is 0 Å². The van der Waals surface area contributed by atoms with Crippen LogP contribution in [0.25, 0.3) is 10.4 Å². The number of rotatable bonds is 15. The van der Waals surface area contributed by atoms with Crippen molar-refractivity contribution < 1.29 is 23.7 Å². The van der Waals surface area contributed by atoms with Gasteiger partial charge in [-0.05, 0) is 16.1 Å². The van der Waals surface area contributed by atoms with E-state index in [0.29, 0.717) is 32.1 Å². The molecule has 2 rings (SSSR count). The summed E-state index contributed by atoms with van der Waals surface area (Å²) in [7, 11) is -1.69. The van der Waals surface area contributed by atoms with Crippen LogP contribution in [0, 0.1) is 11.5 Å². The first kappa shape index (κ1) is 32.0. The minimum atomic E-state index is -1.69. The molecule has 39 heavy (non-hydrogen) atoms. The van der Waals surface area contributed by atoms with Crippen molar-refractivity contribution in [2.75, 3.05) is 26.4 Å². The van der Waals surface area contributed by atoms with Gasteiger partial charge in [-0.1, -0.05) is 80.4 Å². The van der Waals surface area contributed by atoms with E-state index in [2.05, 4.69) is 65.7 Å². The molecule has 11 nitrogen and oxygen atoms in total. The van der Waals surface area contributed by atoms with Crippen LogP contribution in [0.1, 0.15) is 39.0 Å². The third-order valence-corrected chi connectivity index (χ3v) is 10.8. The highest BCUT2D eigenvalue weighted by Gasteiger charge is 2.33. The number of nitrogens with zero attached hydrogens (tertiary/aromatic N) is 6. The summed E-state index contributed by atoms with van der Waals surface area (Å²) >= 11 is 0. The van der Waals surface area contributed by atoms with Gasteiger partial charge in [0.25, 0.3) is 0 Å². The Morgan fingerprint density at radius 1 is 1.15 bits per heavy atom. The molecule has 212 valence electrons. The summed E-state index contributed by atoms with van der Waals surface area (Å²) in [4.78, 5) is 13.9. The van der Waals surface area contributed by atoms with Crippen LogP contribution < -0.4 is 0 Å². The van der Waals surface area contributed by atoms with Gasteiger partial charge in [-0.15, -0.1) is 10.6 Å². The van der Waals surface area contributed by atoms with Crippen molar-refractivity contribution in [2.24, 2.45) is 5.11 Å². The highest BCUT2D eigenvalue weighted by molar-refractivity contribution is 6.87. The molecule has 0 saturated carbocycles.